The van der Waals surface area contributed by atoms with E-state index in [1.165, 1.54) is 0 Å². The maximum absolute atomic E-state index is 10.3. The maximum atomic E-state index is 10.3. The molecule has 0 aliphatic rings. The van der Waals surface area contributed by atoms with E-state index < -0.39 is 12.1 Å². The fourth-order valence-electron chi connectivity index (χ4n) is 1.92. The van der Waals surface area contributed by atoms with Crippen LogP contribution in [-0.4, -0.2) is 22.3 Å². The average Bonchev–Trinajstić information content (AvgIpc) is 2.44. The number of aliphatic hydroxyl groups is 1. The molecule has 2 N–H and O–H groups in total. The van der Waals surface area contributed by atoms with Gasteiger partial charge in [-0.25, -0.2) is 0 Å². The van der Waals surface area contributed by atoms with Crippen molar-refractivity contribution in [1.29, 1.82) is 0 Å². The van der Waals surface area contributed by atoms with E-state index in [4.69, 9.17) is 5.11 Å². The summed E-state index contributed by atoms with van der Waals surface area (Å²) in [4.78, 5) is 10.3. The minimum atomic E-state index is -0.697. The molecular formula is C18H30O3. The van der Waals surface area contributed by atoms with Crippen LogP contribution in [0.2, 0.25) is 0 Å². The van der Waals surface area contributed by atoms with Crippen molar-refractivity contribution in [3.8, 4) is 0 Å². The lowest BCUT2D eigenvalue weighted by atomic mass is 10.1. The van der Waals surface area contributed by atoms with Crippen molar-refractivity contribution in [3.63, 3.8) is 0 Å². The number of rotatable bonds is 13. The van der Waals surface area contributed by atoms with Gasteiger partial charge in [0.1, 0.15) is 0 Å². The van der Waals surface area contributed by atoms with E-state index in [2.05, 4.69) is 19.1 Å². The second kappa shape index (κ2) is 15.0. The highest BCUT2D eigenvalue weighted by Crippen LogP contribution is 2.07. The predicted octanol–water partition coefficient (Wildman–Crippen LogP) is 4.63. The first-order valence-electron chi connectivity index (χ1n) is 8.05. The number of unbranched alkanes of at least 4 members (excludes halogenated alkanes) is 5. The minimum Gasteiger partial charge on any atom is -0.481 e. The Balaban J connectivity index is 3.43. The molecule has 0 rings (SSSR count). The van der Waals surface area contributed by atoms with Crippen LogP contribution < -0.4 is 0 Å². The van der Waals surface area contributed by atoms with Gasteiger partial charge in [0.2, 0.25) is 0 Å². The van der Waals surface area contributed by atoms with Crippen LogP contribution in [0.5, 0.6) is 0 Å². The summed E-state index contributed by atoms with van der Waals surface area (Å²) in [6.45, 7) is 2.08. The van der Waals surface area contributed by atoms with Crippen LogP contribution in [-0.2, 0) is 4.79 Å². The van der Waals surface area contributed by atoms with Crippen molar-refractivity contribution in [2.75, 3.05) is 0 Å². The largest absolute Gasteiger partial charge is 0.481 e. The Labute approximate surface area is 129 Å². The minimum absolute atomic E-state index is 0.292. The lowest BCUT2D eigenvalue weighted by molar-refractivity contribution is -0.137. The van der Waals surface area contributed by atoms with Crippen molar-refractivity contribution in [2.45, 2.75) is 70.8 Å². The van der Waals surface area contributed by atoms with Gasteiger partial charge >= 0.3 is 5.97 Å². The molecule has 0 heterocycles. The molecule has 0 amide bonds. The second-order valence-corrected chi connectivity index (χ2v) is 5.20. The Hall–Kier alpha value is -1.35. The van der Waals surface area contributed by atoms with Crippen LogP contribution >= 0.6 is 0 Å². The number of hydrogen-bond donors (Lipinski definition) is 2. The van der Waals surface area contributed by atoms with E-state index in [0.29, 0.717) is 12.8 Å². The SMILES string of the molecule is CC/C=C\CC(O)/C=C/C=C\CCCCCCCC(=O)O. The molecule has 0 aromatic heterocycles. The normalized spacial score (nSPS) is 13.6. The van der Waals surface area contributed by atoms with Gasteiger partial charge in [-0.05, 0) is 32.1 Å². The van der Waals surface area contributed by atoms with E-state index in [-0.39, 0.29) is 0 Å². The van der Waals surface area contributed by atoms with E-state index in [1.54, 1.807) is 0 Å². The molecule has 1 atom stereocenters. The molecule has 0 radical (unpaired) electrons. The molecule has 0 aromatic carbocycles. The molecule has 0 aromatic rings. The molecule has 3 nitrogen and oxygen atoms in total. The smallest absolute Gasteiger partial charge is 0.303 e. The summed E-state index contributed by atoms with van der Waals surface area (Å²) >= 11 is 0. The summed E-state index contributed by atoms with van der Waals surface area (Å²) in [5.41, 5.74) is 0. The molecule has 0 fully saturated rings. The molecule has 1 unspecified atom stereocenters. The van der Waals surface area contributed by atoms with E-state index in [9.17, 15) is 9.90 Å². The monoisotopic (exact) mass is 294 g/mol. The first-order valence-corrected chi connectivity index (χ1v) is 8.05. The number of aliphatic carboxylic acids is 1. The topological polar surface area (TPSA) is 57.5 Å². The summed E-state index contributed by atoms with van der Waals surface area (Å²) in [7, 11) is 0. The molecule has 0 saturated carbocycles. The highest BCUT2D eigenvalue weighted by Gasteiger charge is 1.96. The molecule has 0 aliphatic carbocycles. The van der Waals surface area contributed by atoms with Crippen LogP contribution in [0, 0.1) is 0 Å². The van der Waals surface area contributed by atoms with Crippen LogP contribution in [0.15, 0.2) is 36.5 Å². The van der Waals surface area contributed by atoms with Gasteiger partial charge in [0.15, 0.2) is 0 Å². The Morgan fingerprint density at radius 3 is 2.43 bits per heavy atom. The zero-order valence-electron chi connectivity index (χ0n) is 13.2. The number of carboxylic acids is 1. The molecule has 0 saturated heterocycles. The first kappa shape index (κ1) is 19.7. The maximum Gasteiger partial charge on any atom is 0.303 e. The Bertz CT molecular complexity index is 329. The van der Waals surface area contributed by atoms with Crippen LogP contribution in [0.4, 0.5) is 0 Å². The molecule has 0 aliphatic heterocycles. The molecule has 21 heavy (non-hydrogen) atoms. The van der Waals surface area contributed by atoms with Gasteiger partial charge in [-0.3, -0.25) is 4.79 Å². The summed E-state index contributed by atoms with van der Waals surface area (Å²) < 4.78 is 0. The van der Waals surface area contributed by atoms with Gasteiger partial charge in [-0.2, -0.15) is 0 Å². The number of carbonyl (C=O) groups is 1. The lowest BCUT2D eigenvalue weighted by Crippen LogP contribution is -1.98. The van der Waals surface area contributed by atoms with Gasteiger partial charge < -0.3 is 10.2 Å². The highest BCUT2D eigenvalue weighted by molar-refractivity contribution is 5.66. The summed E-state index contributed by atoms with van der Waals surface area (Å²) in [6.07, 6.45) is 19.7. The van der Waals surface area contributed by atoms with Gasteiger partial charge in [-0.15, -0.1) is 0 Å². The number of aliphatic hydroxyl groups excluding tert-OH is 1. The van der Waals surface area contributed by atoms with Gasteiger partial charge in [0.05, 0.1) is 6.10 Å². The van der Waals surface area contributed by atoms with E-state index >= 15 is 0 Å². The molecule has 3 heteroatoms. The van der Waals surface area contributed by atoms with Gasteiger partial charge in [-0.1, -0.05) is 62.6 Å². The third-order valence-electron chi connectivity index (χ3n) is 3.12. The van der Waals surface area contributed by atoms with Crippen molar-refractivity contribution in [1.82, 2.24) is 0 Å². The van der Waals surface area contributed by atoms with Crippen LogP contribution in [0.25, 0.3) is 0 Å². The van der Waals surface area contributed by atoms with Crippen molar-refractivity contribution in [3.05, 3.63) is 36.5 Å². The zero-order valence-corrected chi connectivity index (χ0v) is 13.2. The number of allylic oxidation sites excluding steroid dienone is 4. The van der Waals surface area contributed by atoms with Crippen LogP contribution in [0.1, 0.15) is 64.7 Å². The second-order valence-electron chi connectivity index (χ2n) is 5.20. The predicted molar refractivity (Wildman–Crippen MR) is 88.3 cm³/mol. The van der Waals surface area contributed by atoms with E-state index in [1.807, 2.05) is 24.3 Å². The summed E-state index contributed by atoms with van der Waals surface area (Å²) in [5.74, 6) is -0.697. The fraction of sp³-hybridized carbons (Fsp3) is 0.611. The van der Waals surface area contributed by atoms with Crippen LogP contribution in [0.3, 0.4) is 0 Å². The van der Waals surface area contributed by atoms with Gasteiger partial charge in [0.25, 0.3) is 0 Å². The Morgan fingerprint density at radius 1 is 1.00 bits per heavy atom. The molecular weight excluding hydrogens is 264 g/mol. The highest BCUT2D eigenvalue weighted by atomic mass is 16.4. The third-order valence-corrected chi connectivity index (χ3v) is 3.12. The third kappa shape index (κ3) is 16.6. The number of hydrogen-bond acceptors (Lipinski definition) is 2. The Kier molecular flexibility index (Phi) is 14.1. The molecule has 0 bridgehead atoms. The summed E-state index contributed by atoms with van der Waals surface area (Å²) in [6, 6.07) is 0. The van der Waals surface area contributed by atoms with Crippen molar-refractivity contribution >= 4 is 5.97 Å². The lowest BCUT2D eigenvalue weighted by Gasteiger charge is -1.99. The standard InChI is InChI=1S/C18H30O3/c1-2-3-11-14-17(19)15-12-9-7-5-4-6-8-10-13-16-18(20)21/h3,7,9,11-12,15,17,19H,2,4-6,8,10,13-14,16H2,1H3,(H,20,21)/b9-7-,11-3-,15-12+. The van der Waals surface area contributed by atoms with Crippen molar-refractivity contribution < 1.29 is 15.0 Å². The van der Waals surface area contributed by atoms with Gasteiger partial charge in [0, 0.05) is 6.42 Å². The fourth-order valence-corrected chi connectivity index (χ4v) is 1.92. The van der Waals surface area contributed by atoms with Crippen molar-refractivity contribution in [2.24, 2.45) is 0 Å². The number of carboxylic acid groups (broad SMARTS) is 1. The zero-order chi connectivity index (χ0) is 15.8. The Morgan fingerprint density at radius 2 is 1.71 bits per heavy atom. The molecule has 120 valence electrons. The summed E-state index contributed by atoms with van der Waals surface area (Å²) in [5, 5.41) is 18.1. The quantitative estimate of drug-likeness (QED) is 0.296. The average molecular weight is 294 g/mol. The van der Waals surface area contributed by atoms with E-state index in [0.717, 1.165) is 44.9 Å². The molecule has 0 spiro atoms. The first-order chi connectivity index (χ1) is 10.2.